The van der Waals surface area contributed by atoms with Gasteiger partial charge in [0.05, 0.1) is 12.1 Å². The molecule has 0 saturated heterocycles. The summed E-state index contributed by atoms with van der Waals surface area (Å²) in [6.45, 7) is 4.41. The Balaban J connectivity index is 0.00000180. The van der Waals surface area contributed by atoms with Crippen molar-refractivity contribution in [3.8, 4) is 5.75 Å². The lowest BCUT2D eigenvalue weighted by atomic mass is 10.2. The Hall–Kier alpha value is -1.26. The molecule has 1 aliphatic rings. The standard InChI is InChI=1S/C14H20N2O2.ClH/c1-10-5-3-4-6-12(10)18-11(2)9-16-13(17)14(15)7-8-14;/h3-6,11H,7-9,15H2,1-2H3,(H,16,17);1H. The summed E-state index contributed by atoms with van der Waals surface area (Å²) in [4.78, 5) is 11.7. The van der Waals surface area contributed by atoms with Crippen molar-refractivity contribution in [1.29, 1.82) is 0 Å². The van der Waals surface area contributed by atoms with Gasteiger partial charge in [0.15, 0.2) is 0 Å². The van der Waals surface area contributed by atoms with Crippen LogP contribution in [0, 0.1) is 6.92 Å². The van der Waals surface area contributed by atoms with Crippen LogP contribution in [0.1, 0.15) is 25.3 Å². The van der Waals surface area contributed by atoms with E-state index in [1.807, 2.05) is 38.1 Å². The average molecular weight is 285 g/mol. The van der Waals surface area contributed by atoms with Crippen molar-refractivity contribution in [2.75, 3.05) is 6.54 Å². The number of para-hydroxylation sites is 1. The van der Waals surface area contributed by atoms with Gasteiger partial charge in [-0.15, -0.1) is 12.4 Å². The van der Waals surface area contributed by atoms with Crippen LogP contribution < -0.4 is 15.8 Å². The highest BCUT2D eigenvalue weighted by atomic mass is 35.5. The smallest absolute Gasteiger partial charge is 0.240 e. The summed E-state index contributed by atoms with van der Waals surface area (Å²) in [5.41, 5.74) is 6.28. The topological polar surface area (TPSA) is 64.3 Å². The monoisotopic (exact) mass is 284 g/mol. The van der Waals surface area contributed by atoms with Crippen LogP contribution in [-0.2, 0) is 4.79 Å². The molecule has 0 heterocycles. The molecule has 1 aromatic rings. The molecule has 2 rings (SSSR count). The molecule has 4 nitrogen and oxygen atoms in total. The normalized spacial score (nSPS) is 17.0. The Bertz CT molecular complexity index is 447. The summed E-state index contributed by atoms with van der Waals surface area (Å²) in [6, 6.07) is 7.84. The summed E-state index contributed by atoms with van der Waals surface area (Å²) < 4.78 is 5.77. The van der Waals surface area contributed by atoms with Gasteiger partial charge < -0.3 is 15.8 Å². The fourth-order valence-corrected chi connectivity index (χ4v) is 1.72. The first-order valence-corrected chi connectivity index (χ1v) is 6.31. The molecule has 1 aromatic carbocycles. The second-order valence-electron chi connectivity index (χ2n) is 5.06. The maximum absolute atomic E-state index is 11.7. The molecule has 106 valence electrons. The number of rotatable bonds is 5. The first-order chi connectivity index (χ1) is 8.51. The average Bonchev–Trinajstić information content (AvgIpc) is 3.09. The van der Waals surface area contributed by atoms with Crippen molar-refractivity contribution in [3.63, 3.8) is 0 Å². The predicted molar refractivity (Wildman–Crippen MR) is 77.7 cm³/mol. The van der Waals surface area contributed by atoms with Crippen molar-refractivity contribution in [1.82, 2.24) is 5.32 Å². The first-order valence-electron chi connectivity index (χ1n) is 6.31. The number of benzene rings is 1. The summed E-state index contributed by atoms with van der Waals surface area (Å²) >= 11 is 0. The number of nitrogens with one attached hydrogen (secondary N) is 1. The summed E-state index contributed by atoms with van der Waals surface area (Å²) in [6.07, 6.45) is 1.50. The van der Waals surface area contributed by atoms with E-state index in [4.69, 9.17) is 10.5 Å². The summed E-state index contributed by atoms with van der Waals surface area (Å²) in [5, 5.41) is 2.84. The highest BCUT2D eigenvalue weighted by Gasteiger charge is 2.45. The minimum Gasteiger partial charge on any atom is -0.489 e. The van der Waals surface area contributed by atoms with Gasteiger partial charge >= 0.3 is 0 Å². The maximum atomic E-state index is 11.7. The fourth-order valence-electron chi connectivity index (χ4n) is 1.72. The van der Waals surface area contributed by atoms with Crippen molar-refractivity contribution >= 4 is 18.3 Å². The van der Waals surface area contributed by atoms with Crippen LogP contribution in [0.5, 0.6) is 5.75 Å². The second-order valence-corrected chi connectivity index (χ2v) is 5.06. The van der Waals surface area contributed by atoms with Crippen molar-refractivity contribution in [2.24, 2.45) is 5.73 Å². The number of hydrogen-bond acceptors (Lipinski definition) is 3. The van der Waals surface area contributed by atoms with E-state index >= 15 is 0 Å². The number of amides is 1. The molecule has 0 radical (unpaired) electrons. The molecule has 3 N–H and O–H groups in total. The fraction of sp³-hybridized carbons (Fsp3) is 0.500. The van der Waals surface area contributed by atoms with Crippen LogP contribution in [0.2, 0.25) is 0 Å². The van der Waals surface area contributed by atoms with Crippen molar-refractivity contribution < 1.29 is 9.53 Å². The highest BCUT2D eigenvalue weighted by Crippen LogP contribution is 2.32. The zero-order chi connectivity index (χ0) is 13.2. The third kappa shape index (κ3) is 4.11. The SMILES string of the molecule is Cc1ccccc1OC(C)CNC(=O)C1(N)CC1.Cl. The van der Waals surface area contributed by atoms with Gasteiger partial charge in [0.25, 0.3) is 0 Å². The molecule has 0 aromatic heterocycles. The van der Waals surface area contributed by atoms with E-state index in [0.717, 1.165) is 24.2 Å². The molecule has 1 fully saturated rings. The molecule has 0 aliphatic heterocycles. The number of hydrogen-bond donors (Lipinski definition) is 2. The van der Waals surface area contributed by atoms with Crippen molar-refractivity contribution in [3.05, 3.63) is 29.8 Å². The summed E-state index contributed by atoms with van der Waals surface area (Å²) in [7, 11) is 0. The summed E-state index contributed by atoms with van der Waals surface area (Å²) in [5.74, 6) is 0.788. The van der Waals surface area contributed by atoms with Crippen LogP contribution in [-0.4, -0.2) is 24.1 Å². The molecule has 1 aliphatic carbocycles. The molecule has 5 heteroatoms. The Kier molecular flexibility index (Phi) is 5.20. The first kappa shape index (κ1) is 15.8. The van der Waals surface area contributed by atoms with E-state index in [0.29, 0.717) is 6.54 Å². The van der Waals surface area contributed by atoms with Gasteiger partial charge in [-0.2, -0.15) is 0 Å². The van der Waals surface area contributed by atoms with Gasteiger partial charge in [-0.25, -0.2) is 0 Å². The molecule has 1 atom stereocenters. The van der Waals surface area contributed by atoms with Crippen LogP contribution in [0.4, 0.5) is 0 Å². The lowest BCUT2D eigenvalue weighted by Gasteiger charge is -2.18. The Morgan fingerprint density at radius 1 is 1.47 bits per heavy atom. The number of carbonyl (C=O) groups is 1. The highest BCUT2D eigenvalue weighted by molar-refractivity contribution is 5.88. The number of nitrogens with two attached hydrogens (primary N) is 1. The zero-order valence-corrected chi connectivity index (χ0v) is 12.1. The Morgan fingerprint density at radius 3 is 2.68 bits per heavy atom. The molecule has 1 unspecified atom stereocenters. The lowest BCUT2D eigenvalue weighted by Crippen LogP contribution is -2.45. The van der Waals surface area contributed by atoms with E-state index in [2.05, 4.69) is 5.32 Å². The number of aryl methyl sites for hydroxylation is 1. The zero-order valence-electron chi connectivity index (χ0n) is 11.3. The van der Waals surface area contributed by atoms with Gasteiger partial charge in [-0.3, -0.25) is 4.79 Å². The third-order valence-corrected chi connectivity index (χ3v) is 3.21. The van der Waals surface area contributed by atoms with Crippen LogP contribution in [0.15, 0.2) is 24.3 Å². The molecule has 19 heavy (non-hydrogen) atoms. The van der Waals surface area contributed by atoms with E-state index < -0.39 is 5.54 Å². The lowest BCUT2D eigenvalue weighted by molar-refractivity contribution is -0.123. The molecule has 0 bridgehead atoms. The van der Waals surface area contributed by atoms with Gasteiger partial charge in [-0.05, 0) is 38.3 Å². The molecule has 0 spiro atoms. The Labute approximate surface area is 120 Å². The van der Waals surface area contributed by atoms with Gasteiger partial charge in [0, 0.05) is 0 Å². The van der Waals surface area contributed by atoms with Gasteiger partial charge in [0.2, 0.25) is 5.91 Å². The van der Waals surface area contributed by atoms with Crippen LogP contribution in [0.25, 0.3) is 0 Å². The Morgan fingerprint density at radius 2 is 2.11 bits per heavy atom. The minimum absolute atomic E-state index is 0. The molecular weight excluding hydrogens is 264 g/mol. The molecule has 1 saturated carbocycles. The van der Waals surface area contributed by atoms with Gasteiger partial charge in [-0.1, -0.05) is 18.2 Å². The van der Waals surface area contributed by atoms with Gasteiger partial charge in [0.1, 0.15) is 11.9 Å². The number of halogens is 1. The van der Waals surface area contributed by atoms with E-state index in [-0.39, 0.29) is 24.4 Å². The largest absolute Gasteiger partial charge is 0.489 e. The quantitative estimate of drug-likeness (QED) is 0.866. The predicted octanol–water partition coefficient (Wildman–Crippen LogP) is 1.79. The third-order valence-electron chi connectivity index (χ3n) is 3.21. The van der Waals surface area contributed by atoms with Crippen molar-refractivity contribution in [2.45, 2.75) is 38.3 Å². The maximum Gasteiger partial charge on any atom is 0.240 e. The van der Waals surface area contributed by atoms with E-state index in [1.54, 1.807) is 0 Å². The molecular formula is C14H21ClN2O2. The van der Waals surface area contributed by atoms with Crippen LogP contribution >= 0.6 is 12.4 Å². The minimum atomic E-state index is -0.609. The van der Waals surface area contributed by atoms with Crippen LogP contribution in [0.3, 0.4) is 0 Å². The van der Waals surface area contributed by atoms with E-state index in [1.165, 1.54) is 0 Å². The van der Waals surface area contributed by atoms with E-state index in [9.17, 15) is 4.79 Å². The molecule has 1 amide bonds. The second kappa shape index (κ2) is 6.26. The number of ether oxygens (including phenoxy) is 1. The number of carbonyl (C=O) groups excluding carboxylic acids is 1.